The summed E-state index contributed by atoms with van der Waals surface area (Å²) in [5, 5.41) is 12.1. The number of halogens is 2. The molecule has 1 unspecified atom stereocenters. The average Bonchev–Trinajstić information content (AvgIpc) is 3.02. The summed E-state index contributed by atoms with van der Waals surface area (Å²) in [6.07, 6.45) is 6.69. The molecule has 2 fully saturated rings. The van der Waals surface area contributed by atoms with E-state index < -0.39 is 42.3 Å². The third-order valence-corrected chi connectivity index (χ3v) is 16.1. The van der Waals surface area contributed by atoms with Crippen LogP contribution in [-0.4, -0.2) is 69.0 Å². The van der Waals surface area contributed by atoms with Crippen LogP contribution in [0.15, 0.2) is 53.8 Å². The molecule has 0 radical (unpaired) electrons. The van der Waals surface area contributed by atoms with Crippen LogP contribution in [0.5, 0.6) is 5.75 Å². The summed E-state index contributed by atoms with van der Waals surface area (Å²) in [7, 11) is -6.00. The molecule has 250 valence electrons. The molecule has 4 heterocycles. The molecular weight excluding hydrogens is 645 g/mol. The maximum Gasteiger partial charge on any atom is 0.387 e. The number of ether oxygens (including phenoxy) is 1. The number of anilines is 1. The molecule has 3 aliphatic heterocycles. The van der Waals surface area contributed by atoms with Gasteiger partial charge in [-0.2, -0.15) is 8.78 Å². The molecule has 1 aromatic heterocycles. The highest BCUT2D eigenvalue weighted by Gasteiger charge is 2.68. The normalized spacial score (nSPS) is 29.4. The summed E-state index contributed by atoms with van der Waals surface area (Å²) in [5.41, 5.74) is 0.637. The van der Waals surface area contributed by atoms with E-state index in [1.165, 1.54) is 16.4 Å². The molecule has 0 amide bonds. The maximum absolute atomic E-state index is 13.5. The van der Waals surface area contributed by atoms with Crippen molar-refractivity contribution < 1.29 is 31.5 Å². The fourth-order valence-electron chi connectivity index (χ4n) is 7.55. The van der Waals surface area contributed by atoms with Gasteiger partial charge in [-0.25, -0.2) is 27.2 Å². The maximum atomic E-state index is 13.5. The first-order chi connectivity index (χ1) is 21.8. The Morgan fingerprint density at radius 1 is 1.11 bits per heavy atom. The molecule has 1 saturated heterocycles. The van der Waals surface area contributed by atoms with Gasteiger partial charge in [-0.15, -0.1) is 0 Å². The third-order valence-electron chi connectivity index (χ3n) is 10.4. The van der Waals surface area contributed by atoms with Crippen LogP contribution in [0, 0.1) is 0 Å². The number of hydrogen-bond donors (Lipinski definition) is 1. The monoisotopic (exact) mass is 684 g/mol. The van der Waals surface area contributed by atoms with E-state index in [0.717, 1.165) is 22.6 Å². The van der Waals surface area contributed by atoms with Crippen LogP contribution in [-0.2, 0) is 20.1 Å². The standard InChI is InChI=1S/C33H40F2N5O5SSi/c1-31(2,3)47(6,7)45-33(18-32(4,41)19-33)29-36-14-22(15-37-29)20-11-12-23-21(13-20)16-40-17-24(38-23)28(40)39(46(5,42)43)25-9-8-10-26(27(25)40)44-30(34)35/h8-16,24,28,30,41H,17-19H2,1-7H3/q+1/t24-,28?,32-,33-,40+/m1/s1. The minimum absolute atomic E-state index is 0.00140. The number of nitrogens with zero attached hydrogens (tertiary/aromatic N) is 5. The minimum Gasteiger partial charge on any atom is -0.428 e. The number of sulfonamides is 1. The first-order valence-corrected chi connectivity index (χ1v) is 20.4. The Morgan fingerprint density at radius 3 is 2.38 bits per heavy atom. The molecule has 10 nitrogen and oxygen atoms in total. The molecule has 2 bridgehead atoms. The van der Waals surface area contributed by atoms with E-state index in [2.05, 4.69) is 33.9 Å². The van der Waals surface area contributed by atoms with Gasteiger partial charge in [0, 0.05) is 30.8 Å². The lowest BCUT2D eigenvalue weighted by molar-refractivity contribution is -0.171. The summed E-state index contributed by atoms with van der Waals surface area (Å²) in [5.74, 6) is 0.485. The van der Waals surface area contributed by atoms with Gasteiger partial charge in [0.25, 0.3) is 0 Å². The quantitative estimate of drug-likeness (QED) is 0.291. The summed E-state index contributed by atoms with van der Waals surface area (Å²) >= 11 is 0. The van der Waals surface area contributed by atoms with Crippen molar-refractivity contribution in [2.24, 2.45) is 4.99 Å². The summed E-state index contributed by atoms with van der Waals surface area (Å²) in [6.45, 7) is 10.0. The fourth-order valence-corrected chi connectivity index (χ4v) is 10.3. The summed E-state index contributed by atoms with van der Waals surface area (Å²) in [4.78, 5) is 14.5. The van der Waals surface area contributed by atoms with E-state index >= 15 is 0 Å². The zero-order valence-electron chi connectivity index (χ0n) is 27.5. The second kappa shape index (κ2) is 10.1. The van der Waals surface area contributed by atoms with E-state index in [0.29, 0.717) is 41.9 Å². The predicted octanol–water partition coefficient (Wildman–Crippen LogP) is 4.37. The first-order valence-electron chi connectivity index (χ1n) is 15.7. The molecular formula is C33H40F2N5O5SSi+. The highest BCUT2D eigenvalue weighted by Crippen LogP contribution is 2.58. The van der Waals surface area contributed by atoms with E-state index in [4.69, 9.17) is 24.1 Å². The van der Waals surface area contributed by atoms with Gasteiger partial charge in [0.2, 0.25) is 21.9 Å². The van der Waals surface area contributed by atoms with Crippen LogP contribution in [0.3, 0.4) is 0 Å². The van der Waals surface area contributed by atoms with Gasteiger partial charge >= 0.3 is 6.61 Å². The zero-order chi connectivity index (χ0) is 33.9. The van der Waals surface area contributed by atoms with Crippen LogP contribution < -0.4 is 24.1 Å². The topological polar surface area (TPSA) is 114 Å². The SMILES string of the molecule is CC(C)(C)[Si](C)(C)O[C@]1(c2ncc(-c3ccc4c(c3)=C[N@@+]35C[C@@H](N=4)C3N(S(C)(=O)=O)c3cccc(OC(F)F)c35)cn2)C[C@@](C)(O)C1. The summed E-state index contributed by atoms with van der Waals surface area (Å²) < 4.78 is 66.3. The largest absolute Gasteiger partial charge is 0.428 e. The van der Waals surface area contributed by atoms with Gasteiger partial charge in [0.15, 0.2) is 25.9 Å². The van der Waals surface area contributed by atoms with Gasteiger partial charge in [0.1, 0.15) is 24.0 Å². The number of aliphatic hydroxyl groups is 1. The van der Waals surface area contributed by atoms with Crippen molar-refractivity contribution in [2.75, 3.05) is 17.1 Å². The Morgan fingerprint density at radius 2 is 1.79 bits per heavy atom. The molecule has 1 aliphatic carbocycles. The molecule has 2 aromatic carbocycles. The molecule has 3 aromatic rings. The summed E-state index contributed by atoms with van der Waals surface area (Å²) in [6, 6.07) is 9.95. The van der Waals surface area contributed by atoms with Crippen LogP contribution in [0.1, 0.15) is 46.4 Å². The zero-order valence-corrected chi connectivity index (χ0v) is 29.3. The van der Waals surface area contributed by atoms with Crippen LogP contribution in [0.25, 0.3) is 17.3 Å². The Balaban J connectivity index is 1.29. The number of rotatable bonds is 7. The smallest absolute Gasteiger partial charge is 0.387 e. The molecule has 4 aliphatic rings. The Kier molecular flexibility index (Phi) is 6.94. The number of para-hydroxylation sites is 1. The van der Waals surface area contributed by atoms with E-state index in [1.807, 2.05) is 24.4 Å². The third kappa shape index (κ3) is 5.02. The fraction of sp³-hybridized carbons (Fsp3) is 0.485. The van der Waals surface area contributed by atoms with Crippen molar-refractivity contribution in [2.45, 2.75) is 88.7 Å². The molecule has 1 N–H and O–H groups in total. The number of alkyl halides is 2. The molecule has 7 rings (SSSR count). The minimum atomic E-state index is -3.78. The Bertz CT molecular complexity index is 2010. The molecule has 1 saturated carbocycles. The van der Waals surface area contributed by atoms with Gasteiger partial charge < -0.3 is 14.3 Å². The lowest BCUT2D eigenvalue weighted by Gasteiger charge is -2.55. The first kappa shape index (κ1) is 32.3. The van der Waals surface area contributed by atoms with Crippen molar-refractivity contribution in [1.82, 2.24) is 14.5 Å². The molecule has 3 atom stereocenters. The number of quaternary nitrogens is 1. The van der Waals surface area contributed by atoms with Crippen molar-refractivity contribution in [3.8, 4) is 16.9 Å². The van der Waals surface area contributed by atoms with Crippen LogP contribution in [0.4, 0.5) is 20.2 Å². The highest BCUT2D eigenvalue weighted by molar-refractivity contribution is 7.92. The predicted molar refractivity (Wildman–Crippen MR) is 177 cm³/mol. The van der Waals surface area contributed by atoms with E-state index in [-0.39, 0.29) is 21.3 Å². The lowest BCUT2D eigenvalue weighted by Crippen LogP contribution is -2.74. The van der Waals surface area contributed by atoms with Crippen molar-refractivity contribution in [1.29, 1.82) is 0 Å². The van der Waals surface area contributed by atoms with Crippen molar-refractivity contribution in [3.05, 3.63) is 65.2 Å². The molecule has 47 heavy (non-hydrogen) atoms. The van der Waals surface area contributed by atoms with Crippen molar-refractivity contribution >= 4 is 35.9 Å². The second-order valence-corrected chi connectivity index (χ2v) is 21.8. The Hall–Kier alpha value is -3.30. The van der Waals surface area contributed by atoms with Gasteiger partial charge in [-0.05, 0) is 54.9 Å². The highest BCUT2D eigenvalue weighted by atomic mass is 32.2. The number of hydrogen-bond acceptors (Lipinski definition) is 8. The van der Waals surface area contributed by atoms with Crippen molar-refractivity contribution in [3.63, 3.8) is 0 Å². The molecule has 1 spiro atoms. The van der Waals surface area contributed by atoms with Crippen LogP contribution in [0.2, 0.25) is 18.1 Å². The lowest BCUT2D eigenvalue weighted by atomic mass is 9.68. The number of fused-ring (bicyclic) bond motifs is 4. The average molecular weight is 685 g/mol. The number of benzene rings is 2. The van der Waals surface area contributed by atoms with Gasteiger partial charge in [-0.3, -0.25) is 4.99 Å². The number of aromatic nitrogens is 2. The molecule has 14 heteroatoms. The van der Waals surface area contributed by atoms with Gasteiger partial charge in [0.05, 0.1) is 22.4 Å². The van der Waals surface area contributed by atoms with E-state index in [9.17, 15) is 22.3 Å². The van der Waals surface area contributed by atoms with Gasteiger partial charge in [-0.1, -0.05) is 32.9 Å². The van der Waals surface area contributed by atoms with Crippen LogP contribution >= 0.6 is 0 Å². The second-order valence-electron chi connectivity index (χ2n) is 15.2. The van der Waals surface area contributed by atoms with E-state index in [1.54, 1.807) is 25.4 Å². The Labute approximate surface area is 274 Å².